The zero-order chi connectivity index (χ0) is 30.6. The van der Waals surface area contributed by atoms with Crippen LogP contribution < -0.4 is 21.1 Å². The number of primary amides is 1. The molecular formula is C27H29F3N4O8. The minimum absolute atomic E-state index is 0.0415. The number of aliphatic hydroxyl groups excluding tert-OH is 2. The van der Waals surface area contributed by atoms with Gasteiger partial charge in [-0.1, -0.05) is 0 Å². The Labute approximate surface area is 236 Å². The molecule has 0 bridgehead atoms. The number of fused-ring (bicyclic) bond motifs is 6. The maximum absolute atomic E-state index is 14.0. The molecule has 6 rings (SSSR count). The number of amides is 1. The molecule has 0 aromatic heterocycles. The first kappa shape index (κ1) is 28.3. The van der Waals surface area contributed by atoms with E-state index in [9.17, 15) is 48.0 Å². The Hall–Kier alpha value is -3.82. The Morgan fingerprint density at radius 3 is 2.50 bits per heavy atom. The number of halogens is 3. The van der Waals surface area contributed by atoms with E-state index >= 15 is 0 Å². The number of phenolic OH excluding ortho intramolecular Hbond substituents is 1. The number of Topliss-reactive ketones (excluding diaryl/α,β-unsaturated/α-hetero) is 2. The monoisotopic (exact) mass is 594 g/mol. The SMILES string of the molecule is CN(C)[C@@H]1C(O)=C(C(N)=O)C(=O)[C@@]2(O)C(O)=C3C(=O)c4c(O)c5c(c(OC(F)(F)F)c4C[C@H]3C[C@@H]12)C1NCCC1CN5. The zero-order valence-corrected chi connectivity index (χ0v) is 22.5. The van der Waals surface area contributed by atoms with Crippen molar-refractivity contribution in [2.75, 3.05) is 32.5 Å². The van der Waals surface area contributed by atoms with Crippen molar-refractivity contribution in [2.45, 2.75) is 43.3 Å². The molecule has 12 nitrogen and oxygen atoms in total. The predicted octanol–water partition coefficient (Wildman–Crippen LogP) is 1.10. The van der Waals surface area contributed by atoms with Crippen molar-refractivity contribution < 1.29 is 52.7 Å². The van der Waals surface area contributed by atoms with Crippen LogP contribution in [0.3, 0.4) is 0 Å². The first-order chi connectivity index (χ1) is 19.6. The number of carbonyl (C=O) groups excluding carboxylic acids is 3. The third-order valence-electron chi connectivity index (χ3n) is 9.30. The second kappa shape index (κ2) is 9.09. The Morgan fingerprint density at radius 1 is 1.19 bits per heavy atom. The van der Waals surface area contributed by atoms with Crippen LogP contribution >= 0.6 is 0 Å². The van der Waals surface area contributed by atoms with Crippen LogP contribution in [0.5, 0.6) is 11.5 Å². The molecule has 0 saturated carbocycles. The summed E-state index contributed by atoms with van der Waals surface area (Å²) in [6.45, 7) is 0.827. The largest absolute Gasteiger partial charge is 0.573 e. The number of carbonyl (C=O) groups is 3. The fourth-order valence-electron chi connectivity index (χ4n) is 7.63. The lowest BCUT2D eigenvalue weighted by atomic mass is 9.58. The summed E-state index contributed by atoms with van der Waals surface area (Å²) in [5.41, 5.74) is 0.174. The van der Waals surface area contributed by atoms with Crippen molar-refractivity contribution in [1.29, 1.82) is 0 Å². The molecule has 1 amide bonds. The summed E-state index contributed by atoms with van der Waals surface area (Å²) in [5, 5.41) is 51.4. The van der Waals surface area contributed by atoms with E-state index in [1.807, 2.05) is 0 Å². The molecule has 1 aromatic carbocycles. The Kier molecular flexibility index (Phi) is 6.12. The first-order valence-corrected chi connectivity index (χ1v) is 13.4. The van der Waals surface area contributed by atoms with Gasteiger partial charge < -0.3 is 41.5 Å². The number of anilines is 1. The molecule has 5 aliphatic rings. The normalized spacial score (nSPS) is 32.1. The lowest BCUT2D eigenvalue weighted by molar-refractivity contribution is -0.275. The lowest BCUT2D eigenvalue weighted by Gasteiger charge is -2.50. The minimum atomic E-state index is -5.15. The first-order valence-electron chi connectivity index (χ1n) is 13.4. The summed E-state index contributed by atoms with van der Waals surface area (Å²) in [6, 6.07) is -1.82. The van der Waals surface area contributed by atoms with Crippen LogP contribution in [0.2, 0.25) is 0 Å². The van der Waals surface area contributed by atoms with Gasteiger partial charge in [-0.05, 0) is 51.7 Å². The number of nitrogens with two attached hydrogens (primary N) is 1. The number of likely N-dealkylation sites (N-methyl/N-ethyl adjacent to an activating group) is 1. The molecule has 1 saturated heterocycles. The van der Waals surface area contributed by atoms with Gasteiger partial charge in [-0.2, -0.15) is 0 Å². The Balaban J connectivity index is 1.58. The number of nitrogens with zero attached hydrogens (tertiary/aromatic N) is 1. The number of aromatic hydroxyl groups is 1. The number of hydrogen-bond donors (Lipinski definition) is 7. The summed E-state index contributed by atoms with van der Waals surface area (Å²) < 4.78 is 46.0. The fourth-order valence-corrected chi connectivity index (χ4v) is 7.63. The maximum atomic E-state index is 14.0. The summed E-state index contributed by atoms with van der Waals surface area (Å²) in [5.74, 6) is -9.46. The smallest absolute Gasteiger partial charge is 0.510 e. The fraction of sp³-hybridized carbons (Fsp3) is 0.519. The average Bonchev–Trinajstić information content (AvgIpc) is 3.36. The van der Waals surface area contributed by atoms with Crippen molar-refractivity contribution in [3.63, 3.8) is 0 Å². The van der Waals surface area contributed by atoms with E-state index in [2.05, 4.69) is 15.4 Å². The van der Waals surface area contributed by atoms with E-state index in [0.29, 0.717) is 19.5 Å². The summed E-state index contributed by atoms with van der Waals surface area (Å²) in [6.07, 6.45) is -5.09. The van der Waals surface area contributed by atoms with Gasteiger partial charge in [0.1, 0.15) is 22.8 Å². The highest BCUT2D eigenvalue weighted by atomic mass is 19.4. The molecule has 226 valence electrons. The van der Waals surface area contributed by atoms with Crippen molar-refractivity contribution in [2.24, 2.45) is 23.5 Å². The Morgan fingerprint density at radius 2 is 1.88 bits per heavy atom. The van der Waals surface area contributed by atoms with Crippen LogP contribution in [-0.4, -0.2) is 88.0 Å². The van der Waals surface area contributed by atoms with Gasteiger partial charge in [-0.3, -0.25) is 19.3 Å². The van der Waals surface area contributed by atoms with Gasteiger partial charge in [0.05, 0.1) is 17.3 Å². The highest BCUT2D eigenvalue weighted by molar-refractivity contribution is 6.25. The van der Waals surface area contributed by atoms with Crippen molar-refractivity contribution >= 4 is 23.2 Å². The van der Waals surface area contributed by atoms with E-state index < -0.39 is 93.1 Å². The molecule has 0 spiro atoms. The molecule has 8 N–H and O–H groups in total. The van der Waals surface area contributed by atoms with Crippen molar-refractivity contribution in [3.8, 4) is 11.5 Å². The molecule has 1 fully saturated rings. The minimum Gasteiger partial charge on any atom is -0.510 e. The van der Waals surface area contributed by atoms with Gasteiger partial charge in [0, 0.05) is 35.2 Å². The van der Waals surface area contributed by atoms with Crippen LogP contribution in [0.25, 0.3) is 0 Å². The number of alkyl halides is 3. The van der Waals surface area contributed by atoms with Crippen LogP contribution in [0.4, 0.5) is 18.9 Å². The van der Waals surface area contributed by atoms with Gasteiger partial charge in [-0.15, -0.1) is 13.2 Å². The average molecular weight is 595 g/mol. The molecule has 2 aliphatic heterocycles. The third-order valence-corrected chi connectivity index (χ3v) is 9.30. The predicted molar refractivity (Wildman–Crippen MR) is 138 cm³/mol. The summed E-state index contributed by atoms with van der Waals surface area (Å²) >= 11 is 0. The molecule has 42 heavy (non-hydrogen) atoms. The number of aliphatic hydroxyl groups is 3. The van der Waals surface area contributed by atoms with E-state index in [1.165, 1.54) is 19.0 Å². The number of hydrogen-bond acceptors (Lipinski definition) is 11. The van der Waals surface area contributed by atoms with Crippen molar-refractivity contribution in [3.05, 3.63) is 39.4 Å². The van der Waals surface area contributed by atoms with Gasteiger partial charge in [0.2, 0.25) is 5.78 Å². The second-order valence-corrected chi connectivity index (χ2v) is 11.7. The van der Waals surface area contributed by atoms with Crippen molar-refractivity contribution in [1.82, 2.24) is 10.2 Å². The van der Waals surface area contributed by atoms with E-state index in [0.717, 1.165) is 0 Å². The van der Waals surface area contributed by atoms with E-state index in [1.54, 1.807) is 0 Å². The number of ketones is 2. The topological polar surface area (TPSA) is 195 Å². The number of nitrogens with one attached hydrogen (secondary N) is 2. The number of phenols is 1. The van der Waals surface area contributed by atoms with Crippen LogP contribution in [-0.2, 0) is 16.0 Å². The zero-order valence-electron chi connectivity index (χ0n) is 22.5. The van der Waals surface area contributed by atoms with Crippen LogP contribution in [0.15, 0.2) is 22.7 Å². The van der Waals surface area contributed by atoms with E-state index in [4.69, 9.17) is 5.73 Å². The number of ether oxygens (including phenoxy) is 1. The Bertz CT molecular complexity index is 1520. The standard InChI is InChI=1S/C27H29F3N4O8/c1-34(2)18-11-6-9-5-10-13(19(35)12(9)23(38)26(11,41)24(39)15(21(18)37)25(31)40)20(36)17-14(22(10)42-27(28,29)30)16-8(7-33-17)3-4-32-16/h8-9,11,16,18,32-33,36-38,41H,3-7H2,1-2H3,(H2,31,40)/t8?,9-,11-,16?,18-,26-/m0/s1. The lowest BCUT2D eigenvalue weighted by Crippen LogP contribution is -2.63. The highest BCUT2D eigenvalue weighted by Crippen LogP contribution is 2.57. The van der Waals surface area contributed by atoms with Gasteiger partial charge in [-0.25, -0.2) is 0 Å². The quantitative estimate of drug-likeness (QED) is 0.196. The van der Waals surface area contributed by atoms with Gasteiger partial charge in [0.25, 0.3) is 5.91 Å². The number of rotatable bonds is 3. The van der Waals surface area contributed by atoms with Crippen LogP contribution in [0.1, 0.15) is 40.4 Å². The van der Waals surface area contributed by atoms with E-state index in [-0.39, 0.29) is 35.6 Å². The highest BCUT2D eigenvalue weighted by Gasteiger charge is 2.63. The van der Waals surface area contributed by atoms with Crippen LogP contribution in [0, 0.1) is 17.8 Å². The third kappa shape index (κ3) is 3.69. The molecule has 2 unspecified atom stereocenters. The molecule has 0 radical (unpaired) electrons. The number of allylic oxidation sites excluding steroid dienone is 1. The number of benzene rings is 1. The maximum Gasteiger partial charge on any atom is 0.573 e. The molecule has 6 atom stereocenters. The summed E-state index contributed by atoms with van der Waals surface area (Å²) in [7, 11) is 2.95. The molecule has 15 heteroatoms. The summed E-state index contributed by atoms with van der Waals surface area (Å²) in [4.78, 5) is 40.9. The molecule has 3 aliphatic carbocycles. The van der Waals surface area contributed by atoms with Gasteiger partial charge >= 0.3 is 6.36 Å². The second-order valence-electron chi connectivity index (χ2n) is 11.7. The van der Waals surface area contributed by atoms with Gasteiger partial charge in [0.15, 0.2) is 17.1 Å². The molecule has 1 aromatic rings. The molecular weight excluding hydrogens is 565 g/mol. The molecule has 2 heterocycles.